The highest BCUT2D eigenvalue weighted by Crippen LogP contribution is 2.28. The molecule has 0 heterocycles. The number of sulfonamides is 1. The van der Waals surface area contributed by atoms with Crippen LogP contribution in [0.1, 0.15) is 51.0 Å². The second kappa shape index (κ2) is 15.3. The van der Waals surface area contributed by atoms with E-state index in [1.54, 1.807) is 49.6 Å². The number of ether oxygens (including phenoxy) is 2. The highest BCUT2D eigenvalue weighted by atomic mass is 35.5. The third-order valence-electron chi connectivity index (χ3n) is 7.87. The first-order chi connectivity index (χ1) is 21.2. The molecule has 0 radical (unpaired) electrons. The molecule has 2 amide bonds. The Morgan fingerprint density at radius 2 is 1.55 bits per heavy atom. The standard InChI is InChI=1S/C33H40ClN3O6S/c1-4-31(33(39)35-26-10-6-5-7-11-26)36(22-24-13-15-28(42-2)16-14-24)32(38)23-37(27-12-8-9-25(34)21-27)44(40,41)30-19-17-29(43-3)18-20-30/h8-9,12-21,26,31H,4-7,10-11,22-23H2,1-3H3,(H,35,39)/t31-/m1/s1. The van der Waals surface area contributed by atoms with E-state index in [-0.39, 0.29) is 29.1 Å². The predicted octanol–water partition coefficient (Wildman–Crippen LogP) is 5.81. The van der Waals surface area contributed by atoms with Crippen molar-refractivity contribution in [1.82, 2.24) is 10.2 Å². The first kappa shape index (κ1) is 33.1. The number of benzene rings is 3. The van der Waals surface area contributed by atoms with Crippen LogP contribution in [0.2, 0.25) is 5.02 Å². The van der Waals surface area contributed by atoms with Crippen molar-refractivity contribution < 1.29 is 27.5 Å². The highest BCUT2D eigenvalue weighted by molar-refractivity contribution is 7.92. The number of carbonyl (C=O) groups is 2. The third kappa shape index (κ3) is 8.24. The van der Waals surface area contributed by atoms with E-state index in [0.29, 0.717) is 22.9 Å². The molecule has 11 heteroatoms. The largest absolute Gasteiger partial charge is 0.497 e. The van der Waals surface area contributed by atoms with Gasteiger partial charge in [-0.3, -0.25) is 13.9 Å². The lowest BCUT2D eigenvalue weighted by molar-refractivity contribution is -0.140. The van der Waals surface area contributed by atoms with Crippen molar-refractivity contribution in [3.05, 3.63) is 83.4 Å². The number of hydrogen-bond donors (Lipinski definition) is 1. The lowest BCUT2D eigenvalue weighted by Gasteiger charge is -2.34. The second-order valence-electron chi connectivity index (χ2n) is 10.8. The maximum atomic E-state index is 14.3. The summed E-state index contributed by atoms with van der Waals surface area (Å²) in [5.41, 5.74) is 1.00. The lowest BCUT2D eigenvalue weighted by Crippen LogP contribution is -2.54. The van der Waals surface area contributed by atoms with Crippen LogP contribution in [0.5, 0.6) is 11.5 Å². The van der Waals surface area contributed by atoms with Gasteiger partial charge < -0.3 is 19.7 Å². The zero-order valence-electron chi connectivity index (χ0n) is 25.4. The van der Waals surface area contributed by atoms with Gasteiger partial charge in [0.2, 0.25) is 11.8 Å². The number of nitrogens with one attached hydrogen (secondary N) is 1. The molecule has 4 rings (SSSR count). The van der Waals surface area contributed by atoms with Gasteiger partial charge in [-0.15, -0.1) is 0 Å². The molecule has 1 N–H and O–H groups in total. The van der Waals surface area contributed by atoms with Crippen LogP contribution in [-0.4, -0.2) is 58.0 Å². The number of nitrogens with zero attached hydrogens (tertiary/aromatic N) is 2. The summed E-state index contributed by atoms with van der Waals surface area (Å²) < 4.78 is 39.6. The van der Waals surface area contributed by atoms with Crippen molar-refractivity contribution in [3.8, 4) is 11.5 Å². The average Bonchev–Trinajstić information content (AvgIpc) is 3.04. The van der Waals surface area contributed by atoms with E-state index in [4.69, 9.17) is 21.1 Å². The highest BCUT2D eigenvalue weighted by Gasteiger charge is 2.34. The molecule has 44 heavy (non-hydrogen) atoms. The fraction of sp³-hybridized carbons (Fsp3) is 0.394. The Kier molecular flexibility index (Phi) is 11.5. The number of amides is 2. The fourth-order valence-corrected chi connectivity index (χ4v) is 7.02. The van der Waals surface area contributed by atoms with Crippen molar-refractivity contribution in [3.63, 3.8) is 0 Å². The monoisotopic (exact) mass is 641 g/mol. The van der Waals surface area contributed by atoms with Gasteiger partial charge in [0, 0.05) is 17.6 Å². The van der Waals surface area contributed by atoms with Gasteiger partial charge in [0.05, 0.1) is 24.8 Å². The molecule has 1 atom stereocenters. The molecule has 0 saturated heterocycles. The number of methoxy groups -OCH3 is 2. The fourth-order valence-electron chi connectivity index (χ4n) is 5.43. The first-order valence-electron chi connectivity index (χ1n) is 14.8. The Labute approximate surface area is 265 Å². The van der Waals surface area contributed by atoms with Gasteiger partial charge in [0.1, 0.15) is 24.1 Å². The number of carbonyl (C=O) groups excluding carboxylic acids is 2. The summed E-state index contributed by atoms with van der Waals surface area (Å²) in [4.78, 5) is 29.4. The maximum Gasteiger partial charge on any atom is 0.264 e. The number of rotatable bonds is 13. The van der Waals surface area contributed by atoms with Crippen LogP contribution in [0.4, 0.5) is 5.69 Å². The SMILES string of the molecule is CC[C@H](C(=O)NC1CCCCC1)N(Cc1ccc(OC)cc1)C(=O)CN(c1cccc(Cl)c1)S(=O)(=O)c1ccc(OC)cc1. The molecule has 0 aromatic heterocycles. The summed E-state index contributed by atoms with van der Waals surface area (Å²) >= 11 is 6.27. The summed E-state index contributed by atoms with van der Waals surface area (Å²) in [6.45, 7) is 1.41. The summed E-state index contributed by atoms with van der Waals surface area (Å²) in [5.74, 6) is 0.387. The van der Waals surface area contributed by atoms with Crippen LogP contribution < -0.4 is 19.1 Å². The van der Waals surface area contributed by atoms with Gasteiger partial charge in [-0.25, -0.2) is 8.42 Å². The molecular weight excluding hydrogens is 602 g/mol. The average molecular weight is 642 g/mol. The van der Waals surface area contributed by atoms with Crippen molar-refractivity contribution >= 4 is 39.1 Å². The van der Waals surface area contributed by atoms with Crippen molar-refractivity contribution in [1.29, 1.82) is 0 Å². The van der Waals surface area contributed by atoms with Crippen molar-refractivity contribution in [2.24, 2.45) is 0 Å². The van der Waals surface area contributed by atoms with Crippen LogP contribution in [0.3, 0.4) is 0 Å². The summed E-state index contributed by atoms with van der Waals surface area (Å²) in [6.07, 6.45) is 5.40. The van der Waals surface area contributed by atoms with Gasteiger partial charge in [-0.2, -0.15) is 0 Å². The molecule has 0 aliphatic heterocycles. The minimum atomic E-state index is -4.23. The zero-order chi connectivity index (χ0) is 31.7. The van der Waals surface area contributed by atoms with Crippen LogP contribution in [0, 0.1) is 0 Å². The molecule has 9 nitrogen and oxygen atoms in total. The number of hydrogen-bond acceptors (Lipinski definition) is 6. The van der Waals surface area contributed by atoms with Gasteiger partial charge in [-0.1, -0.05) is 56.0 Å². The summed E-state index contributed by atoms with van der Waals surface area (Å²) in [5, 5.41) is 3.47. The van der Waals surface area contributed by atoms with Gasteiger partial charge in [0.25, 0.3) is 10.0 Å². The van der Waals surface area contributed by atoms with E-state index in [0.717, 1.165) is 42.0 Å². The maximum absolute atomic E-state index is 14.3. The molecular formula is C33H40ClN3O6S. The Hall–Kier alpha value is -3.76. The van der Waals surface area contributed by atoms with Crippen molar-refractivity contribution in [2.75, 3.05) is 25.1 Å². The van der Waals surface area contributed by atoms with E-state index in [1.165, 1.54) is 30.2 Å². The van der Waals surface area contributed by atoms with E-state index in [2.05, 4.69) is 5.32 Å². The molecule has 0 unspecified atom stereocenters. The molecule has 1 aliphatic carbocycles. The van der Waals surface area contributed by atoms with Crippen molar-refractivity contribution in [2.45, 2.75) is 69.0 Å². The Balaban J connectivity index is 1.70. The van der Waals surface area contributed by atoms with E-state index in [1.807, 2.05) is 19.1 Å². The Morgan fingerprint density at radius 1 is 0.932 bits per heavy atom. The Bertz CT molecular complexity index is 1510. The third-order valence-corrected chi connectivity index (χ3v) is 9.90. The minimum absolute atomic E-state index is 0.0186. The van der Waals surface area contributed by atoms with Crippen LogP contribution >= 0.6 is 11.6 Å². The molecule has 0 bridgehead atoms. The lowest BCUT2D eigenvalue weighted by atomic mass is 9.95. The van der Waals surface area contributed by atoms with E-state index < -0.39 is 28.5 Å². The predicted molar refractivity (Wildman–Crippen MR) is 172 cm³/mol. The smallest absolute Gasteiger partial charge is 0.264 e. The normalized spacial score (nSPS) is 14.4. The van der Waals surface area contributed by atoms with Crippen LogP contribution in [0.15, 0.2) is 77.7 Å². The summed E-state index contributed by atoms with van der Waals surface area (Å²) in [6, 6.07) is 18.8. The zero-order valence-corrected chi connectivity index (χ0v) is 26.9. The molecule has 1 saturated carbocycles. The van der Waals surface area contributed by atoms with E-state index >= 15 is 0 Å². The van der Waals surface area contributed by atoms with E-state index in [9.17, 15) is 18.0 Å². The number of anilines is 1. The second-order valence-corrected chi connectivity index (χ2v) is 13.1. The summed E-state index contributed by atoms with van der Waals surface area (Å²) in [7, 11) is -1.16. The molecule has 1 fully saturated rings. The van der Waals surface area contributed by atoms with Crippen LogP contribution in [-0.2, 0) is 26.2 Å². The quantitative estimate of drug-likeness (QED) is 0.253. The first-order valence-corrected chi connectivity index (χ1v) is 16.6. The van der Waals surface area contributed by atoms with Gasteiger partial charge in [-0.05, 0) is 79.4 Å². The van der Waals surface area contributed by atoms with Gasteiger partial charge >= 0.3 is 0 Å². The molecule has 1 aliphatic rings. The molecule has 3 aromatic rings. The number of halogens is 1. The van der Waals surface area contributed by atoms with Gasteiger partial charge in [0.15, 0.2) is 0 Å². The molecule has 236 valence electrons. The molecule has 3 aromatic carbocycles. The topological polar surface area (TPSA) is 105 Å². The minimum Gasteiger partial charge on any atom is -0.497 e. The molecule has 0 spiro atoms. The Morgan fingerprint density at radius 3 is 2.11 bits per heavy atom. The van der Waals surface area contributed by atoms with Crippen LogP contribution in [0.25, 0.3) is 0 Å².